The number of piperazine rings is 1. The van der Waals surface area contributed by atoms with E-state index in [1.54, 1.807) is 19.2 Å². The summed E-state index contributed by atoms with van der Waals surface area (Å²) in [5.74, 6) is 1.46. The minimum Gasteiger partial charge on any atom is -0.497 e. The van der Waals surface area contributed by atoms with Crippen molar-refractivity contribution >= 4 is 23.2 Å². The first kappa shape index (κ1) is 26.8. The van der Waals surface area contributed by atoms with Gasteiger partial charge in [0.25, 0.3) is 5.91 Å². The monoisotopic (exact) mass is 547 g/mol. The van der Waals surface area contributed by atoms with E-state index in [1.807, 2.05) is 65.6 Å². The second kappa shape index (κ2) is 12.4. The highest BCUT2D eigenvalue weighted by atomic mass is 35.5. The molecule has 0 atom stereocenters. The molecule has 3 aromatic carbocycles. The van der Waals surface area contributed by atoms with Gasteiger partial charge in [0, 0.05) is 50.0 Å². The first-order chi connectivity index (χ1) is 19.0. The van der Waals surface area contributed by atoms with E-state index in [4.69, 9.17) is 20.8 Å². The molecule has 0 unspecified atom stereocenters. The molecule has 1 fully saturated rings. The van der Waals surface area contributed by atoms with Gasteiger partial charge in [0.15, 0.2) is 5.76 Å². The summed E-state index contributed by atoms with van der Waals surface area (Å²) in [7, 11) is 1.65. The van der Waals surface area contributed by atoms with Crippen LogP contribution >= 0.6 is 11.6 Å². The van der Waals surface area contributed by atoms with E-state index in [0.717, 1.165) is 35.7 Å². The zero-order valence-corrected chi connectivity index (χ0v) is 22.6. The van der Waals surface area contributed by atoms with Crippen LogP contribution in [-0.2, 0) is 19.6 Å². The maximum absolute atomic E-state index is 13.8. The summed E-state index contributed by atoms with van der Waals surface area (Å²) >= 11 is 6.06. The predicted molar refractivity (Wildman–Crippen MR) is 151 cm³/mol. The number of hydrogen-bond donors (Lipinski definition) is 0. The van der Waals surface area contributed by atoms with Crippen molar-refractivity contribution in [3.05, 3.63) is 118 Å². The summed E-state index contributed by atoms with van der Waals surface area (Å²) in [6.45, 7) is 4.33. The normalized spacial score (nSPS) is 13.6. The molecule has 0 bridgehead atoms. The highest BCUT2D eigenvalue weighted by Gasteiger charge is 2.25. The lowest BCUT2D eigenvalue weighted by Gasteiger charge is -2.35. The maximum atomic E-state index is 13.8. The van der Waals surface area contributed by atoms with Crippen molar-refractivity contribution in [2.45, 2.75) is 19.6 Å². The quantitative estimate of drug-likeness (QED) is 0.248. The molecule has 4 aromatic rings. The summed E-state index contributed by atoms with van der Waals surface area (Å²) in [5, 5.41) is 0.675. The number of benzene rings is 3. The zero-order valence-electron chi connectivity index (χ0n) is 21.9. The summed E-state index contributed by atoms with van der Waals surface area (Å²) in [5.41, 5.74) is 3.05. The number of rotatable bonds is 9. The Labute approximate surface area is 233 Å². The van der Waals surface area contributed by atoms with Gasteiger partial charge in [-0.25, -0.2) is 4.39 Å². The second-order valence-electron chi connectivity index (χ2n) is 9.64. The summed E-state index contributed by atoms with van der Waals surface area (Å²) in [4.78, 5) is 19.5. The van der Waals surface area contributed by atoms with Crippen molar-refractivity contribution in [3.8, 4) is 5.75 Å². The van der Waals surface area contributed by atoms with Crippen LogP contribution in [0.15, 0.2) is 89.3 Å². The Kier molecular flexibility index (Phi) is 8.49. The lowest BCUT2D eigenvalue weighted by Crippen LogP contribution is -2.48. The van der Waals surface area contributed by atoms with Crippen LogP contribution in [0, 0.1) is 5.82 Å². The fraction of sp³-hybridized carbons (Fsp3) is 0.258. The van der Waals surface area contributed by atoms with Crippen LogP contribution in [0.5, 0.6) is 5.75 Å². The summed E-state index contributed by atoms with van der Waals surface area (Å²) in [6.07, 6.45) is 0. The molecule has 6 nitrogen and oxygen atoms in total. The average Bonchev–Trinajstić information content (AvgIpc) is 3.42. The van der Waals surface area contributed by atoms with Gasteiger partial charge in [0.05, 0.1) is 13.7 Å². The van der Waals surface area contributed by atoms with Crippen LogP contribution in [0.2, 0.25) is 5.02 Å². The van der Waals surface area contributed by atoms with Gasteiger partial charge in [0.2, 0.25) is 0 Å². The van der Waals surface area contributed by atoms with E-state index in [0.29, 0.717) is 49.3 Å². The van der Waals surface area contributed by atoms with Gasteiger partial charge < -0.3 is 19.0 Å². The molecular formula is C31H31ClFN3O3. The van der Waals surface area contributed by atoms with Crippen LogP contribution in [-0.4, -0.2) is 49.0 Å². The number of furan rings is 1. The van der Waals surface area contributed by atoms with Crippen LogP contribution < -0.4 is 9.64 Å². The summed E-state index contributed by atoms with van der Waals surface area (Å²) < 4.78 is 25.1. The van der Waals surface area contributed by atoms with Crippen LogP contribution in [0.3, 0.4) is 0 Å². The van der Waals surface area contributed by atoms with Crippen molar-refractivity contribution in [3.63, 3.8) is 0 Å². The molecule has 2 heterocycles. The lowest BCUT2D eigenvalue weighted by molar-refractivity contribution is 0.0710. The Balaban J connectivity index is 1.22. The van der Waals surface area contributed by atoms with Crippen LogP contribution in [0.1, 0.15) is 27.4 Å². The van der Waals surface area contributed by atoms with Gasteiger partial charge in [-0.15, -0.1) is 0 Å². The molecule has 0 aliphatic carbocycles. The van der Waals surface area contributed by atoms with Crippen LogP contribution in [0.25, 0.3) is 0 Å². The van der Waals surface area contributed by atoms with Gasteiger partial charge in [-0.1, -0.05) is 35.9 Å². The number of carbonyl (C=O) groups is 1. The Morgan fingerprint density at radius 2 is 1.62 bits per heavy atom. The van der Waals surface area contributed by atoms with E-state index in [1.165, 1.54) is 12.1 Å². The smallest absolute Gasteiger partial charge is 0.289 e. The fourth-order valence-electron chi connectivity index (χ4n) is 4.82. The Morgan fingerprint density at radius 1 is 0.897 bits per heavy atom. The number of anilines is 1. The molecule has 0 spiro atoms. The number of ether oxygens (including phenoxy) is 1. The average molecular weight is 548 g/mol. The van der Waals surface area contributed by atoms with Crippen LogP contribution in [0.4, 0.5) is 10.1 Å². The molecular weight excluding hydrogens is 517 g/mol. The molecule has 0 N–H and O–H groups in total. The molecule has 0 saturated carbocycles. The third-order valence-corrected chi connectivity index (χ3v) is 7.12. The first-order valence-corrected chi connectivity index (χ1v) is 13.3. The molecule has 1 amide bonds. The van der Waals surface area contributed by atoms with Crippen molar-refractivity contribution in [2.24, 2.45) is 0 Å². The number of nitrogens with zero attached hydrogens (tertiary/aromatic N) is 3. The topological polar surface area (TPSA) is 49.2 Å². The number of carbonyl (C=O) groups excluding carboxylic acids is 1. The standard InChI is InChI=1S/C31H31ClFN3O3/c1-38-28-11-9-27(10-12-28)35-15-17-36(18-16-35)31(37)30-14-13-29(39-30)22-34(20-23-5-7-25(32)8-6-23)21-24-3-2-4-26(33)19-24/h2-14,19H,15-18,20-22H2,1H3. The molecule has 1 saturated heterocycles. The first-order valence-electron chi connectivity index (χ1n) is 12.9. The van der Waals surface area contributed by atoms with Crippen molar-refractivity contribution < 1.29 is 18.3 Å². The highest BCUT2D eigenvalue weighted by Crippen LogP contribution is 2.22. The van der Waals surface area contributed by atoms with E-state index in [-0.39, 0.29) is 11.7 Å². The molecule has 8 heteroatoms. The Hall–Kier alpha value is -3.81. The van der Waals surface area contributed by atoms with Gasteiger partial charge in [-0.3, -0.25) is 9.69 Å². The second-order valence-corrected chi connectivity index (χ2v) is 10.1. The lowest BCUT2D eigenvalue weighted by atomic mass is 10.1. The van der Waals surface area contributed by atoms with Gasteiger partial charge >= 0.3 is 0 Å². The Morgan fingerprint density at radius 3 is 2.31 bits per heavy atom. The number of methoxy groups -OCH3 is 1. The van der Waals surface area contributed by atoms with Crippen molar-refractivity contribution in [1.29, 1.82) is 0 Å². The SMILES string of the molecule is COc1ccc(N2CCN(C(=O)c3ccc(CN(Cc4ccc(Cl)cc4)Cc4cccc(F)c4)o3)CC2)cc1. The molecule has 0 radical (unpaired) electrons. The fourth-order valence-corrected chi connectivity index (χ4v) is 4.95. The van der Waals surface area contributed by atoms with Crippen molar-refractivity contribution in [1.82, 2.24) is 9.80 Å². The molecule has 5 rings (SSSR count). The largest absolute Gasteiger partial charge is 0.497 e. The van der Waals surface area contributed by atoms with E-state index >= 15 is 0 Å². The zero-order chi connectivity index (χ0) is 27.2. The van der Waals surface area contributed by atoms with Gasteiger partial charge in [-0.2, -0.15) is 0 Å². The van der Waals surface area contributed by atoms with E-state index in [2.05, 4.69) is 9.80 Å². The maximum Gasteiger partial charge on any atom is 0.289 e. The minimum absolute atomic E-state index is 0.106. The number of amides is 1. The van der Waals surface area contributed by atoms with E-state index in [9.17, 15) is 9.18 Å². The molecule has 1 aliphatic rings. The van der Waals surface area contributed by atoms with Gasteiger partial charge in [0.1, 0.15) is 17.3 Å². The molecule has 202 valence electrons. The predicted octanol–water partition coefficient (Wildman–Crippen LogP) is 6.25. The third kappa shape index (κ3) is 6.99. The number of hydrogen-bond acceptors (Lipinski definition) is 5. The summed E-state index contributed by atoms with van der Waals surface area (Å²) in [6, 6.07) is 25.8. The Bertz CT molecular complexity index is 1380. The minimum atomic E-state index is -0.267. The van der Waals surface area contributed by atoms with E-state index < -0.39 is 0 Å². The van der Waals surface area contributed by atoms with Gasteiger partial charge in [-0.05, 0) is 71.8 Å². The number of halogens is 2. The third-order valence-electron chi connectivity index (χ3n) is 6.87. The molecule has 1 aliphatic heterocycles. The molecule has 39 heavy (non-hydrogen) atoms. The highest BCUT2D eigenvalue weighted by molar-refractivity contribution is 6.30. The van der Waals surface area contributed by atoms with Crippen molar-refractivity contribution in [2.75, 3.05) is 38.2 Å². The molecule has 1 aromatic heterocycles.